The summed E-state index contributed by atoms with van der Waals surface area (Å²) in [4.78, 5) is 38.2. The lowest BCUT2D eigenvalue weighted by Gasteiger charge is -2.36. The molecular weight excluding hydrogens is 686 g/mol. The molecule has 3 N–H and O–H groups in total. The van der Waals surface area contributed by atoms with Crippen LogP contribution in [0.15, 0.2) is 102 Å². The minimum Gasteiger partial charge on any atom is -0.457 e. The number of epoxide rings is 1. The van der Waals surface area contributed by atoms with Crippen LogP contribution in [0.3, 0.4) is 0 Å². The molecule has 1 saturated carbocycles. The highest BCUT2D eigenvalue weighted by atomic mass is 16.6. The molecule has 3 aliphatic rings. The van der Waals surface area contributed by atoms with Crippen LogP contribution in [-0.4, -0.2) is 73.7 Å². The van der Waals surface area contributed by atoms with Gasteiger partial charge >= 0.3 is 11.9 Å². The first kappa shape index (κ1) is 40.3. The maximum Gasteiger partial charge on any atom is 0.360 e. The number of aliphatic hydroxyl groups excluding tert-OH is 2. The van der Waals surface area contributed by atoms with Gasteiger partial charge in [-0.25, -0.2) is 19.6 Å². The summed E-state index contributed by atoms with van der Waals surface area (Å²) >= 11 is 0. The fourth-order valence-corrected chi connectivity index (χ4v) is 6.12. The van der Waals surface area contributed by atoms with Gasteiger partial charge in [0, 0.05) is 29.7 Å². The number of carbonyl (C=O) groups excluding carboxylic acids is 2. The number of H-pyrrole nitrogens is 1. The molecule has 2 aliphatic heterocycles. The summed E-state index contributed by atoms with van der Waals surface area (Å²) in [5.41, 5.74) is -1.34. The lowest BCUT2D eigenvalue weighted by atomic mass is 9.79. The molecule has 0 aromatic carbocycles. The molecule has 11 heteroatoms. The number of hydrogen-bond donors (Lipinski definition) is 3. The molecule has 0 unspecified atom stereocenters. The molecule has 0 amide bonds. The number of esters is 2. The van der Waals surface area contributed by atoms with E-state index in [9.17, 15) is 19.8 Å². The first-order valence-corrected chi connectivity index (χ1v) is 18.6. The Balaban J connectivity index is 1.35. The van der Waals surface area contributed by atoms with Gasteiger partial charge < -0.3 is 33.8 Å². The van der Waals surface area contributed by atoms with E-state index in [4.69, 9.17) is 18.6 Å². The topological polar surface area (TPSA) is 160 Å². The van der Waals surface area contributed by atoms with Crippen molar-refractivity contribution in [1.82, 2.24) is 15.0 Å². The van der Waals surface area contributed by atoms with Crippen LogP contribution in [0.4, 0.5) is 0 Å². The molecule has 0 radical (unpaired) electrons. The van der Waals surface area contributed by atoms with Crippen LogP contribution in [0.25, 0.3) is 12.2 Å². The highest BCUT2D eigenvalue weighted by Gasteiger charge is 2.40. The maximum atomic E-state index is 13.3. The average Bonchev–Trinajstić information content (AvgIpc) is 3.93. The Morgan fingerprint density at radius 2 is 1.39 bits per heavy atom. The zero-order valence-corrected chi connectivity index (χ0v) is 31.9. The minimum absolute atomic E-state index is 0.0379. The predicted octanol–water partition coefficient (Wildman–Crippen LogP) is 7.52. The molecule has 5 rings (SSSR count). The first-order valence-electron chi connectivity index (χ1n) is 18.6. The summed E-state index contributed by atoms with van der Waals surface area (Å²) in [5, 5.41) is 21.8. The summed E-state index contributed by atoms with van der Waals surface area (Å²) in [6, 6.07) is 0. The van der Waals surface area contributed by atoms with Gasteiger partial charge in [0.15, 0.2) is 5.69 Å². The van der Waals surface area contributed by atoms with Crippen molar-refractivity contribution >= 4 is 24.1 Å². The fourth-order valence-electron chi connectivity index (χ4n) is 6.12. The van der Waals surface area contributed by atoms with Crippen LogP contribution in [0.5, 0.6) is 0 Å². The first-order chi connectivity index (χ1) is 25.8. The van der Waals surface area contributed by atoms with E-state index in [1.165, 1.54) is 12.5 Å². The van der Waals surface area contributed by atoms with Gasteiger partial charge in [0.25, 0.3) is 0 Å². The molecule has 11 nitrogen and oxygen atoms in total. The van der Waals surface area contributed by atoms with Gasteiger partial charge in [-0.2, -0.15) is 0 Å². The molecule has 2 aromatic heterocycles. The summed E-state index contributed by atoms with van der Waals surface area (Å²) < 4.78 is 23.2. The largest absolute Gasteiger partial charge is 0.457 e. The summed E-state index contributed by atoms with van der Waals surface area (Å²) in [5.74, 6) is 0.253. The number of nitrogens with zero attached hydrogens (tertiary/aromatic N) is 2. The second kappa shape index (κ2) is 18.0. The number of carbonyl (C=O) groups is 2. The number of imidazole rings is 1. The van der Waals surface area contributed by atoms with Crippen molar-refractivity contribution in [3.63, 3.8) is 0 Å². The van der Waals surface area contributed by atoms with E-state index in [0.29, 0.717) is 30.5 Å². The molecule has 0 spiro atoms. The fraction of sp³-hybridized carbons (Fsp3) is 0.442. The van der Waals surface area contributed by atoms with E-state index >= 15 is 0 Å². The SMILES string of the molecule is C/C=C/[C@H](O)C(C)(C)[C@@H]1C/C=C\[C@H]2C[C@H]2/C=C/C=C\c2ncc([nH]2)C(=O)O[C@H](C(C)(C)[C@@H](O)/C=C/C)C/C=C\[C@H]2O[C@H]2/C=C/C=C\c2nc(co2)C(=O)O1. The highest BCUT2D eigenvalue weighted by molar-refractivity contribution is 5.88. The molecule has 4 bridgehead atoms. The zero-order chi connectivity index (χ0) is 38.9. The molecule has 54 heavy (non-hydrogen) atoms. The quantitative estimate of drug-likeness (QED) is 0.154. The third kappa shape index (κ3) is 10.6. The molecule has 1 aliphatic carbocycles. The van der Waals surface area contributed by atoms with Crippen molar-refractivity contribution in [1.29, 1.82) is 0 Å². The third-order valence-corrected chi connectivity index (χ3v) is 10.2. The van der Waals surface area contributed by atoms with Crippen LogP contribution < -0.4 is 0 Å². The van der Waals surface area contributed by atoms with E-state index < -0.39 is 47.2 Å². The van der Waals surface area contributed by atoms with Gasteiger partial charge in [-0.15, -0.1) is 0 Å². The smallest absolute Gasteiger partial charge is 0.360 e. The molecule has 2 aromatic rings. The number of aromatic nitrogens is 3. The lowest BCUT2D eigenvalue weighted by Crippen LogP contribution is -2.42. The Hall–Kier alpha value is -4.84. The van der Waals surface area contributed by atoms with E-state index in [1.54, 1.807) is 42.5 Å². The normalized spacial score (nSPS) is 30.5. The molecule has 4 heterocycles. The zero-order valence-electron chi connectivity index (χ0n) is 31.9. The van der Waals surface area contributed by atoms with Gasteiger partial charge in [0.2, 0.25) is 5.89 Å². The lowest BCUT2D eigenvalue weighted by molar-refractivity contribution is -0.0461. The number of nitrogens with one attached hydrogen (secondary N) is 1. The minimum atomic E-state index is -0.846. The number of oxazole rings is 1. The van der Waals surface area contributed by atoms with Crippen molar-refractivity contribution in [3.05, 3.63) is 121 Å². The predicted molar refractivity (Wildman–Crippen MR) is 207 cm³/mol. The highest BCUT2D eigenvalue weighted by Crippen LogP contribution is 2.41. The Morgan fingerprint density at radius 1 is 0.796 bits per heavy atom. The van der Waals surface area contributed by atoms with Gasteiger partial charge in [-0.05, 0) is 38.2 Å². The second-order valence-electron chi connectivity index (χ2n) is 15.1. The van der Waals surface area contributed by atoms with Crippen molar-refractivity contribution in [2.45, 2.75) is 97.4 Å². The summed E-state index contributed by atoms with van der Waals surface area (Å²) in [6.07, 6.45) is 30.9. The van der Waals surface area contributed by atoms with Gasteiger partial charge in [-0.1, -0.05) is 113 Å². The van der Waals surface area contributed by atoms with Crippen LogP contribution >= 0.6 is 0 Å². The van der Waals surface area contributed by atoms with E-state index in [-0.39, 0.29) is 29.5 Å². The molecule has 288 valence electrons. The number of hydrogen-bond acceptors (Lipinski definition) is 10. The molecular formula is C43H53N3O8. The van der Waals surface area contributed by atoms with E-state index in [2.05, 4.69) is 27.1 Å². The number of aromatic amines is 1. The Labute approximate surface area is 317 Å². The monoisotopic (exact) mass is 739 g/mol. The molecule has 8 atom stereocenters. The van der Waals surface area contributed by atoms with Gasteiger partial charge in [0.1, 0.15) is 42.2 Å². The Morgan fingerprint density at radius 3 is 2.07 bits per heavy atom. The third-order valence-electron chi connectivity index (χ3n) is 10.2. The molecule has 2 fully saturated rings. The van der Waals surface area contributed by atoms with Crippen molar-refractivity contribution < 1.29 is 38.4 Å². The van der Waals surface area contributed by atoms with Crippen LogP contribution in [0, 0.1) is 22.7 Å². The number of fused-ring (bicyclic) bond motifs is 6. The Bertz CT molecular complexity index is 1700. The van der Waals surface area contributed by atoms with Crippen LogP contribution in [0.1, 0.15) is 93.5 Å². The van der Waals surface area contributed by atoms with Crippen molar-refractivity contribution in [3.8, 4) is 0 Å². The summed E-state index contributed by atoms with van der Waals surface area (Å²) in [6.45, 7) is 11.1. The maximum absolute atomic E-state index is 13.3. The average molecular weight is 740 g/mol. The standard InChI is InChI=1S/C43H53N3O8/c1-7-15-34(47)42(3,4)36-21-13-18-29-25-28(29)17-9-11-23-38-44-26-30(45-38)40(49)53-37(43(5,6)35(48)16-8-2)22-14-20-33-32(52-33)19-10-12-24-39-46-31(27-51-39)41(50)54-36/h7-20,23-24,26-29,32-37,47-48H,21-22,25H2,1-6H3,(H,44,45)/b15-7+,16-8+,17-9+,18-13-,19-10+,20-14-,23-11-,24-12-/t28-,29+,32+,33-,34+,35+,36+,37+/m1/s1. The van der Waals surface area contributed by atoms with E-state index in [0.717, 1.165) is 6.42 Å². The number of allylic oxidation sites excluding steroid dienone is 8. The number of ether oxygens (including phenoxy) is 3. The Kier molecular flexibility index (Phi) is 13.4. The summed E-state index contributed by atoms with van der Waals surface area (Å²) in [7, 11) is 0. The van der Waals surface area contributed by atoms with Gasteiger partial charge in [-0.3, -0.25) is 0 Å². The van der Waals surface area contributed by atoms with E-state index in [1.807, 2.05) is 84.1 Å². The molecule has 1 saturated heterocycles. The second-order valence-corrected chi connectivity index (χ2v) is 15.1. The number of aliphatic hydroxyl groups is 2. The van der Waals surface area contributed by atoms with Crippen LogP contribution in [0.2, 0.25) is 0 Å². The van der Waals surface area contributed by atoms with Crippen molar-refractivity contribution in [2.75, 3.05) is 0 Å². The van der Waals surface area contributed by atoms with Gasteiger partial charge in [0.05, 0.1) is 18.4 Å². The van der Waals surface area contributed by atoms with Crippen molar-refractivity contribution in [2.24, 2.45) is 22.7 Å². The number of cyclic esters (lactones) is 2. The number of rotatable bonds is 6. The van der Waals surface area contributed by atoms with Crippen LogP contribution in [-0.2, 0) is 14.2 Å².